The average Bonchev–Trinajstić information content (AvgIpc) is 3.24. The lowest BCUT2D eigenvalue weighted by Gasteiger charge is -2.22. The summed E-state index contributed by atoms with van der Waals surface area (Å²) in [6.07, 6.45) is 3.71. The van der Waals surface area contributed by atoms with E-state index < -0.39 is 0 Å². The van der Waals surface area contributed by atoms with Crippen LogP contribution in [0.4, 0.5) is 10.8 Å². The third-order valence-electron chi connectivity index (χ3n) is 4.93. The Kier molecular flexibility index (Phi) is 3.91. The summed E-state index contributed by atoms with van der Waals surface area (Å²) in [6.45, 7) is 0. The Bertz CT molecular complexity index is 1120. The van der Waals surface area contributed by atoms with Crippen LogP contribution in [0.2, 0.25) is 0 Å². The van der Waals surface area contributed by atoms with E-state index in [0.29, 0.717) is 10.8 Å². The fourth-order valence-corrected chi connectivity index (χ4v) is 5.23. The lowest BCUT2D eigenvalue weighted by molar-refractivity contribution is 0.103. The predicted octanol–water partition coefficient (Wildman–Crippen LogP) is 4.82. The van der Waals surface area contributed by atoms with Gasteiger partial charge in [-0.15, -0.1) is 11.3 Å². The number of carbonyl (C=O) groups is 1. The van der Waals surface area contributed by atoms with Crippen LogP contribution in [0.1, 0.15) is 40.7 Å². The maximum Gasteiger partial charge on any atom is 0.265 e. The Morgan fingerprint density at radius 3 is 2.78 bits per heavy atom. The second-order valence-corrected chi connectivity index (χ2v) is 9.15. The largest absolute Gasteiger partial charge is 0.354 e. The van der Waals surface area contributed by atoms with E-state index in [2.05, 4.69) is 20.3 Å². The fraction of sp³-hybridized carbons (Fsp3) is 0.316. The first kappa shape index (κ1) is 16.7. The molecule has 0 saturated heterocycles. The van der Waals surface area contributed by atoms with Crippen molar-refractivity contribution in [2.75, 3.05) is 24.3 Å². The van der Waals surface area contributed by atoms with Crippen molar-refractivity contribution in [3.63, 3.8) is 0 Å². The fourth-order valence-electron chi connectivity index (χ4n) is 3.20. The Hall–Kier alpha value is -2.45. The van der Waals surface area contributed by atoms with Crippen molar-refractivity contribution in [1.82, 2.24) is 15.0 Å². The Morgan fingerprint density at radius 2 is 2.07 bits per heavy atom. The number of H-pyrrole nitrogens is 1. The molecule has 138 valence electrons. The van der Waals surface area contributed by atoms with Gasteiger partial charge in [-0.25, -0.2) is 9.97 Å². The second-order valence-electron chi connectivity index (χ2n) is 7.11. The summed E-state index contributed by atoms with van der Waals surface area (Å²) in [7, 11) is 3.94. The van der Waals surface area contributed by atoms with E-state index in [1.807, 2.05) is 43.3 Å². The molecule has 3 heterocycles. The number of carbonyl (C=O) groups excluding carboxylic acids is 1. The Morgan fingerprint density at radius 1 is 1.22 bits per heavy atom. The third kappa shape index (κ3) is 2.98. The molecule has 0 bridgehead atoms. The number of imidazole rings is 1. The van der Waals surface area contributed by atoms with Gasteiger partial charge in [0.05, 0.1) is 20.6 Å². The number of hydrogen-bond donors (Lipinski definition) is 2. The molecule has 27 heavy (non-hydrogen) atoms. The van der Waals surface area contributed by atoms with Gasteiger partial charge in [-0.1, -0.05) is 17.8 Å². The molecule has 1 amide bonds. The molecule has 1 aromatic carbocycles. The standard InChI is InChI=1S/C19H19N5OS2/c1-24(2)19-23-18-15(27-19)9-14(26-18)17(25)20-11-6-7-12-13(8-11)22-16(21-12)10-4-3-5-10/h6-10H,3-5H2,1-2H3,(H,20,25)(H,21,22). The molecular formula is C19H19N5OS2. The van der Waals surface area contributed by atoms with Crippen LogP contribution >= 0.6 is 22.7 Å². The molecule has 0 atom stereocenters. The van der Waals surface area contributed by atoms with Crippen LogP contribution in [0.15, 0.2) is 24.3 Å². The summed E-state index contributed by atoms with van der Waals surface area (Å²) in [4.78, 5) is 28.9. The molecule has 0 aliphatic heterocycles. The van der Waals surface area contributed by atoms with Crippen LogP contribution in [-0.4, -0.2) is 35.0 Å². The molecule has 1 saturated carbocycles. The number of amides is 1. The van der Waals surface area contributed by atoms with E-state index in [1.54, 1.807) is 11.3 Å². The third-order valence-corrected chi connectivity index (χ3v) is 7.26. The summed E-state index contributed by atoms with van der Waals surface area (Å²) < 4.78 is 1.04. The van der Waals surface area contributed by atoms with Gasteiger partial charge in [-0.2, -0.15) is 0 Å². The number of thiophene rings is 1. The molecule has 1 aliphatic rings. The topological polar surface area (TPSA) is 73.9 Å². The predicted molar refractivity (Wildman–Crippen MR) is 112 cm³/mol. The van der Waals surface area contributed by atoms with Gasteiger partial charge >= 0.3 is 0 Å². The van der Waals surface area contributed by atoms with Crippen molar-refractivity contribution in [2.45, 2.75) is 25.2 Å². The van der Waals surface area contributed by atoms with Crippen LogP contribution in [0, 0.1) is 0 Å². The van der Waals surface area contributed by atoms with E-state index >= 15 is 0 Å². The number of aromatic nitrogens is 3. The molecule has 4 aromatic rings. The van der Waals surface area contributed by atoms with Gasteiger partial charge in [0, 0.05) is 25.7 Å². The van der Waals surface area contributed by atoms with Gasteiger partial charge < -0.3 is 15.2 Å². The number of anilines is 2. The molecule has 1 aliphatic carbocycles. The van der Waals surface area contributed by atoms with Gasteiger partial charge in [0.1, 0.15) is 10.7 Å². The Balaban J connectivity index is 1.37. The number of nitrogens with zero attached hydrogens (tertiary/aromatic N) is 3. The molecule has 0 radical (unpaired) electrons. The van der Waals surface area contributed by atoms with Crippen molar-refractivity contribution in [3.8, 4) is 0 Å². The SMILES string of the molecule is CN(C)c1nc2sc(C(=O)Nc3ccc4nc(C5CCC5)[nH]c4c3)cc2s1. The monoisotopic (exact) mass is 397 g/mol. The Labute approximate surface area is 164 Å². The molecule has 8 heteroatoms. The molecular weight excluding hydrogens is 378 g/mol. The normalized spacial score (nSPS) is 14.6. The number of fused-ring (bicyclic) bond motifs is 2. The summed E-state index contributed by atoms with van der Waals surface area (Å²) >= 11 is 3.02. The van der Waals surface area contributed by atoms with Crippen LogP contribution in [0.25, 0.3) is 20.6 Å². The van der Waals surface area contributed by atoms with Crippen LogP contribution < -0.4 is 10.2 Å². The zero-order valence-corrected chi connectivity index (χ0v) is 16.7. The van der Waals surface area contributed by atoms with E-state index in [-0.39, 0.29) is 5.91 Å². The number of aromatic amines is 1. The number of benzene rings is 1. The summed E-state index contributed by atoms with van der Waals surface area (Å²) in [5.41, 5.74) is 2.70. The van der Waals surface area contributed by atoms with Gasteiger partial charge in [-0.3, -0.25) is 4.79 Å². The van der Waals surface area contributed by atoms with E-state index in [1.165, 1.54) is 30.6 Å². The van der Waals surface area contributed by atoms with E-state index in [9.17, 15) is 4.79 Å². The molecule has 0 unspecified atom stereocenters. The minimum absolute atomic E-state index is 0.102. The van der Waals surface area contributed by atoms with Crippen LogP contribution in [-0.2, 0) is 0 Å². The van der Waals surface area contributed by atoms with E-state index in [0.717, 1.165) is 37.2 Å². The molecule has 2 N–H and O–H groups in total. The van der Waals surface area contributed by atoms with Crippen LogP contribution in [0.5, 0.6) is 0 Å². The highest BCUT2D eigenvalue weighted by atomic mass is 32.1. The van der Waals surface area contributed by atoms with Crippen molar-refractivity contribution in [3.05, 3.63) is 35.0 Å². The summed E-state index contributed by atoms with van der Waals surface area (Å²) in [5.74, 6) is 1.53. The molecule has 3 aromatic heterocycles. The minimum atomic E-state index is -0.102. The van der Waals surface area contributed by atoms with Crippen molar-refractivity contribution in [2.24, 2.45) is 0 Å². The smallest absolute Gasteiger partial charge is 0.265 e. The second kappa shape index (κ2) is 6.31. The minimum Gasteiger partial charge on any atom is -0.354 e. The first-order valence-electron chi connectivity index (χ1n) is 8.95. The quantitative estimate of drug-likeness (QED) is 0.518. The maximum atomic E-state index is 12.6. The van der Waals surface area contributed by atoms with Crippen molar-refractivity contribution in [1.29, 1.82) is 0 Å². The highest BCUT2D eigenvalue weighted by Crippen LogP contribution is 2.36. The molecule has 1 fully saturated rings. The zero-order chi connectivity index (χ0) is 18.5. The first-order valence-corrected chi connectivity index (χ1v) is 10.6. The summed E-state index contributed by atoms with van der Waals surface area (Å²) in [5, 5.41) is 3.95. The van der Waals surface area contributed by atoms with Crippen molar-refractivity contribution >= 4 is 60.0 Å². The van der Waals surface area contributed by atoms with Gasteiger partial charge in [0.25, 0.3) is 5.91 Å². The summed E-state index contributed by atoms with van der Waals surface area (Å²) in [6, 6.07) is 7.75. The van der Waals surface area contributed by atoms with E-state index in [4.69, 9.17) is 0 Å². The highest BCUT2D eigenvalue weighted by molar-refractivity contribution is 7.29. The maximum absolute atomic E-state index is 12.6. The average molecular weight is 398 g/mol. The van der Waals surface area contributed by atoms with Gasteiger partial charge in [-0.05, 0) is 37.1 Å². The number of thiazole rings is 1. The van der Waals surface area contributed by atoms with Crippen molar-refractivity contribution < 1.29 is 4.79 Å². The lowest BCUT2D eigenvalue weighted by atomic mass is 9.85. The first-order chi connectivity index (χ1) is 13.1. The number of hydrogen-bond acceptors (Lipinski definition) is 6. The lowest BCUT2D eigenvalue weighted by Crippen LogP contribution is -2.10. The number of nitrogens with one attached hydrogen (secondary N) is 2. The van der Waals surface area contributed by atoms with Crippen LogP contribution in [0.3, 0.4) is 0 Å². The van der Waals surface area contributed by atoms with Gasteiger partial charge in [0.2, 0.25) is 0 Å². The molecule has 5 rings (SSSR count). The number of rotatable bonds is 4. The zero-order valence-electron chi connectivity index (χ0n) is 15.1. The van der Waals surface area contributed by atoms with Gasteiger partial charge in [0.15, 0.2) is 5.13 Å². The molecule has 6 nitrogen and oxygen atoms in total. The molecule has 0 spiro atoms. The highest BCUT2D eigenvalue weighted by Gasteiger charge is 2.22.